The number of benzene rings is 4. The average molecular weight is 1190 g/mol. The molecule has 0 unspecified atom stereocenters. The number of carbonyl (C=O) groups is 2. The van der Waals surface area contributed by atoms with E-state index in [-0.39, 0.29) is 27.6 Å². The summed E-state index contributed by atoms with van der Waals surface area (Å²) in [7, 11) is 0. The van der Waals surface area contributed by atoms with Crippen LogP contribution in [0.3, 0.4) is 0 Å². The van der Waals surface area contributed by atoms with Gasteiger partial charge in [0.2, 0.25) is 0 Å². The van der Waals surface area contributed by atoms with Crippen molar-refractivity contribution in [3.05, 3.63) is 104 Å². The zero-order valence-electron chi connectivity index (χ0n) is 52.9. The molecule has 0 fully saturated rings. The van der Waals surface area contributed by atoms with Gasteiger partial charge in [-0.2, -0.15) is 0 Å². The number of unbranched alkanes of at least 4 members (excludes halogenated alkanes) is 17. The minimum Gasteiger partial charge on any atom is -0.545 e. The average Bonchev–Trinajstić information content (AvgIpc) is 3.45. The summed E-state index contributed by atoms with van der Waals surface area (Å²) in [5.41, 5.74) is 11.4. The van der Waals surface area contributed by atoms with Crippen molar-refractivity contribution >= 4 is 34.7 Å². The fourth-order valence-corrected chi connectivity index (χ4v) is 10.3. The number of hydrogen-bond acceptors (Lipinski definition) is 10. The van der Waals surface area contributed by atoms with Crippen molar-refractivity contribution in [2.75, 3.05) is 0 Å². The Bertz CT molecular complexity index is 2510. The molecule has 0 aliphatic rings. The molecule has 0 saturated carbocycles. The molecule has 0 aliphatic carbocycles. The maximum absolute atomic E-state index is 10.9. The number of carbonyl (C=O) groups excluding carboxylic acids is 2. The predicted molar refractivity (Wildman–Crippen MR) is 340 cm³/mol. The van der Waals surface area contributed by atoms with Crippen LogP contribution in [0.15, 0.2) is 58.5 Å². The van der Waals surface area contributed by atoms with Crippen LogP contribution in [0.5, 0.6) is 23.0 Å². The Morgan fingerprint density at radius 3 is 1.11 bits per heavy atom. The van der Waals surface area contributed by atoms with Gasteiger partial charge in [0.25, 0.3) is 0 Å². The maximum atomic E-state index is 10.9. The van der Waals surface area contributed by atoms with Crippen LogP contribution in [0.4, 0.5) is 11.4 Å². The predicted octanol–water partition coefficient (Wildman–Crippen LogP) is 17.6. The van der Waals surface area contributed by atoms with Crippen molar-refractivity contribution in [2.45, 2.75) is 275 Å². The van der Waals surface area contributed by atoms with E-state index in [1.165, 1.54) is 111 Å². The second kappa shape index (κ2) is 44.9. The summed E-state index contributed by atoms with van der Waals surface area (Å²) >= 11 is 0. The molecule has 4 rings (SSSR count). The fourth-order valence-electron chi connectivity index (χ4n) is 10.3. The number of carboxylic acids is 2. The van der Waals surface area contributed by atoms with Gasteiger partial charge in [0, 0.05) is 17.5 Å². The van der Waals surface area contributed by atoms with E-state index in [1.54, 1.807) is 13.8 Å². The number of hydrogen-bond donors (Lipinski definition) is 4. The normalized spacial score (nSPS) is 11.2. The minimum absolute atomic E-state index is 0. The number of phenolic OH excluding ortho intramolecular Hbond substituents is 2. The summed E-state index contributed by atoms with van der Waals surface area (Å²) in [5.74, 6) is 2.20. The van der Waals surface area contributed by atoms with E-state index in [0.29, 0.717) is 24.0 Å². The van der Waals surface area contributed by atoms with Gasteiger partial charge in [0.05, 0.1) is 29.0 Å². The van der Waals surface area contributed by atoms with Crippen LogP contribution in [0.25, 0.3) is 0 Å². The first-order valence-corrected chi connectivity index (χ1v) is 32.0. The number of aryl methyl sites for hydroxylation is 6. The molecule has 0 heterocycles. The largest absolute Gasteiger partial charge is 2.00 e. The molecule has 0 saturated heterocycles. The molecule has 4 aromatic rings. The number of aromatic carboxylic acids is 2. The molecule has 83 heavy (non-hydrogen) atoms. The molecule has 0 spiro atoms. The number of nitrogens with zero attached hydrogens (tertiary/aromatic N) is 2. The third kappa shape index (κ3) is 29.2. The standard InChI is InChI=1S/C46H72N2.2C13H18O4.Ni/c1-7-13-15-16-17-18-19-20-21-22-23-24-25-26-32-46(48-44-37-41(29-11-5)34-42(38-44)30-12-6)45(31-14-8-2)47-43-35-39(27-9-3)33-40(36-43)28-10-4;2*1-3-4-5-6-9-7-10(14)12(15)11(8(9)2)13(16)17;/h33-38H,7-25,27-31H2,1-6H3;2*7,14-15H,3-6H2,1-2H3,(H,16,17);/q;;;+2/p-2. The molecule has 0 aromatic heterocycles. The number of rotatable bonds is 36. The zero-order chi connectivity index (χ0) is 60.7. The molecule has 0 radical (unpaired) electrons. The van der Waals surface area contributed by atoms with Crippen molar-refractivity contribution in [2.24, 2.45) is 9.98 Å². The molecule has 11 heteroatoms. The summed E-state index contributed by atoms with van der Waals surface area (Å²) in [4.78, 5) is 32.5. The molecular formula is C72H106N2NiO8. The smallest absolute Gasteiger partial charge is 0.545 e. The first-order chi connectivity index (χ1) is 39.5. The number of aliphatic imine (C=N–C) groups is 2. The Hall–Kier alpha value is -5.59. The Balaban J connectivity index is 0.000000795. The fraction of sp³-hybridized carbons (Fsp3) is 0.583. The van der Waals surface area contributed by atoms with Gasteiger partial charge in [0.15, 0.2) is 23.0 Å². The molecule has 0 aliphatic heterocycles. The van der Waals surface area contributed by atoms with E-state index in [9.17, 15) is 40.2 Å². The molecular weight excluding hydrogens is 1080 g/mol. The zero-order valence-corrected chi connectivity index (χ0v) is 53.9. The van der Waals surface area contributed by atoms with Gasteiger partial charge in [0.1, 0.15) is 5.71 Å². The SMILES string of the molecule is CCCCCCCCCCCCCCC#CC(=Nc1cc(CCC)cc(CCC)c1)C(CCCC)=Nc1cc(CCC)cc(CCC)c1.CCCCCc1cc(O)c(O)c(C(=O)[O-])c1C.CCCCCc1cc(O)c(O)c(C(=O)[O-])c1C.[Ni+2]. The third-order valence-electron chi connectivity index (χ3n) is 14.9. The van der Waals surface area contributed by atoms with E-state index in [0.717, 1.165) is 149 Å². The Kier molecular flexibility index (Phi) is 40.8. The van der Waals surface area contributed by atoms with Crippen LogP contribution in [0, 0.1) is 25.7 Å². The van der Waals surface area contributed by atoms with E-state index in [2.05, 4.69) is 104 Å². The molecule has 0 atom stereocenters. The number of phenols is 4. The molecule has 462 valence electrons. The monoisotopic (exact) mass is 1180 g/mol. The molecule has 4 aromatic carbocycles. The summed E-state index contributed by atoms with van der Waals surface area (Å²) in [6.45, 7) is 21.0. The number of aromatic hydroxyl groups is 4. The van der Waals surface area contributed by atoms with Crippen molar-refractivity contribution < 1.29 is 56.7 Å². The second-order valence-corrected chi connectivity index (χ2v) is 22.4. The van der Waals surface area contributed by atoms with Crippen LogP contribution in [-0.4, -0.2) is 43.8 Å². The molecule has 10 nitrogen and oxygen atoms in total. The van der Waals surface area contributed by atoms with Crippen LogP contribution < -0.4 is 10.2 Å². The Labute approximate surface area is 512 Å². The van der Waals surface area contributed by atoms with Crippen LogP contribution in [0.2, 0.25) is 0 Å². The van der Waals surface area contributed by atoms with Crippen molar-refractivity contribution in [1.82, 2.24) is 0 Å². The van der Waals surface area contributed by atoms with Crippen molar-refractivity contribution in [3.8, 4) is 34.8 Å². The summed E-state index contributed by atoms with van der Waals surface area (Å²) < 4.78 is 0. The summed E-state index contributed by atoms with van der Waals surface area (Å²) in [6, 6.07) is 16.8. The quantitative estimate of drug-likeness (QED) is 0.0114. The van der Waals surface area contributed by atoms with Gasteiger partial charge >= 0.3 is 16.5 Å². The molecule has 0 bridgehead atoms. The van der Waals surface area contributed by atoms with Crippen LogP contribution >= 0.6 is 0 Å². The van der Waals surface area contributed by atoms with Crippen LogP contribution in [0.1, 0.15) is 288 Å². The van der Waals surface area contributed by atoms with Crippen molar-refractivity contribution in [1.29, 1.82) is 0 Å². The first kappa shape index (κ1) is 75.4. The van der Waals surface area contributed by atoms with Crippen LogP contribution in [-0.2, 0) is 55.0 Å². The Morgan fingerprint density at radius 2 is 0.759 bits per heavy atom. The third-order valence-corrected chi connectivity index (χ3v) is 14.9. The van der Waals surface area contributed by atoms with Gasteiger partial charge in [-0.15, -0.1) is 0 Å². The minimum atomic E-state index is -1.47. The Morgan fingerprint density at radius 1 is 0.422 bits per heavy atom. The second-order valence-electron chi connectivity index (χ2n) is 22.4. The van der Waals surface area contributed by atoms with Crippen molar-refractivity contribution in [3.63, 3.8) is 0 Å². The number of carboxylic acid groups (broad SMARTS) is 2. The van der Waals surface area contributed by atoms with Gasteiger partial charge in [-0.05, 0) is 171 Å². The van der Waals surface area contributed by atoms with Gasteiger partial charge in [-0.1, -0.05) is 202 Å². The molecule has 4 N–H and O–H groups in total. The summed E-state index contributed by atoms with van der Waals surface area (Å²) in [6.07, 6.45) is 36.8. The van der Waals surface area contributed by atoms with Gasteiger partial charge in [-0.3, -0.25) is 4.99 Å². The van der Waals surface area contributed by atoms with Gasteiger partial charge in [-0.25, -0.2) is 4.99 Å². The van der Waals surface area contributed by atoms with E-state index in [1.807, 2.05) is 0 Å². The molecule has 0 amide bonds. The topological polar surface area (TPSA) is 186 Å². The van der Waals surface area contributed by atoms with E-state index < -0.39 is 34.9 Å². The van der Waals surface area contributed by atoms with Gasteiger partial charge < -0.3 is 40.2 Å². The summed E-state index contributed by atoms with van der Waals surface area (Å²) in [5, 5.41) is 59.7. The maximum Gasteiger partial charge on any atom is 2.00 e. The van der Waals surface area contributed by atoms with E-state index >= 15 is 0 Å². The van der Waals surface area contributed by atoms with E-state index in [4.69, 9.17) is 9.98 Å². The first-order valence-electron chi connectivity index (χ1n) is 32.0.